The van der Waals surface area contributed by atoms with Crippen LogP contribution in [0.4, 0.5) is 0 Å². The molecule has 1 atom stereocenters. The third-order valence-corrected chi connectivity index (χ3v) is 6.32. The van der Waals surface area contributed by atoms with Crippen molar-refractivity contribution in [3.05, 3.63) is 136 Å². The van der Waals surface area contributed by atoms with Crippen LogP contribution in [0.1, 0.15) is 29.2 Å². The summed E-state index contributed by atoms with van der Waals surface area (Å²) < 4.78 is 0. The second-order valence-corrected chi connectivity index (χ2v) is 7.92. The minimum absolute atomic E-state index is 0.438. The van der Waals surface area contributed by atoms with Crippen LogP contribution in [-0.2, 0) is 5.41 Å². The number of hydrogen-bond acceptors (Lipinski definition) is 0. The topological polar surface area (TPSA) is 0 Å². The van der Waals surface area contributed by atoms with E-state index < -0.39 is 5.41 Å². The Balaban J connectivity index is 2.06. The minimum atomic E-state index is -0.438. The van der Waals surface area contributed by atoms with Gasteiger partial charge in [0, 0.05) is 5.02 Å². The lowest BCUT2D eigenvalue weighted by Crippen LogP contribution is -2.30. The molecule has 0 N–H and O–H groups in total. The fourth-order valence-corrected chi connectivity index (χ4v) is 5.18. The summed E-state index contributed by atoms with van der Waals surface area (Å²) in [6.45, 7) is 6.21. The van der Waals surface area contributed by atoms with Gasteiger partial charge in [0.2, 0.25) is 0 Å². The van der Waals surface area contributed by atoms with E-state index in [9.17, 15) is 0 Å². The van der Waals surface area contributed by atoms with Gasteiger partial charge in [-0.1, -0.05) is 103 Å². The van der Waals surface area contributed by atoms with Crippen molar-refractivity contribution in [1.82, 2.24) is 0 Å². The zero-order valence-corrected chi connectivity index (χ0v) is 17.1. The number of halogens is 1. The molecule has 0 saturated heterocycles. The highest BCUT2D eigenvalue weighted by atomic mass is 35.5. The monoisotopic (exact) mass is 392 g/mol. The molecule has 0 aliphatic heterocycles. The van der Waals surface area contributed by atoms with Crippen LogP contribution in [-0.4, -0.2) is 0 Å². The van der Waals surface area contributed by atoms with Crippen molar-refractivity contribution in [1.29, 1.82) is 0 Å². The Bertz CT molecular complexity index is 1240. The molecule has 0 amide bonds. The zero-order chi connectivity index (χ0) is 20.0. The Labute approximate surface area is 177 Å². The molecule has 0 nitrogen and oxygen atoms in total. The van der Waals surface area contributed by atoms with E-state index >= 15 is 0 Å². The van der Waals surface area contributed by atoms with Crippen LogP contribution in [0.25, 0.3) is 17.2 Å². The molecule has 0 saturated carbocycles. The molecule has 0 aromatic heterocycles. The van der Waals surface area contributed by atoms with E-state index in [1.165, 1.54) is 39.0 Å². The van der Waals surface area contributed by atoms with E-state index in [4.69, 9.17) is 11.6 Å². The van der Waals surface area contributed by atoms with Crippen molar-refractivity contribution in [3.8, 4) is 11.1 Å². The SMILES string of the molecule is C=CC1=C(/C=C\C)C2(c3ccccc3C=C1)c1ccccc1-c1ccc(Cl)cc12. The van der Waals surface area contributed by atoms with Crippen LogP contribution in [0, 0.1) is 0 Å². The maximum absolute atomic E-state index is 6.56. The van der Waals surface area contributed by atoms with E-state index in [1.807, 2.05) is 12.1 Å². The summed E-state index contributed by atoms with van der Waals surface area (Å²) in [7, 11) is 0. The highest BCUT2D eigenvalue weighted by Gasteiger charge is 2.48. The molecule has 1 unspecified atom stereocenters. The number of hydrogen-bond donors (Lipinski definition) is 0. The summed E-state index contributed by atoms with van der Waals surface area (Å²) in [5.74, 6) is 0. The molecular formula is C28H21Cl. The Morgan fingerprint density at radius 3 is 2.34 bits per heavy atom. The number of benzene rings is 3. The van der Waals surface area contributed by atoms with Crippen molar-refractivity contribution in [2.24, 2.45) is 0 Å². The molecule has 2 aliphatic carbocycles. The van der Waals surface area contributed by atoms with Crippen molar-refractivity contribution >= 4 is 17.7 Å². The van der Waals surface area contributed by atoms with E-state index in [1.54, 1.807) is 0 Å². The van der Waals surface area contributed by atoms with Crippen LogP contribution in [0.15, 0.2) is 109 Å². The van der Waals surface area contributed by atoms with Crippen molar-refractivity contribution in [3.63, 3.8) is 0 Å². The molecule has 140 valence electrons. The van der Waals surface area contributed by atoms with Crippen molar-refractivity contribution in [2.45, 2.75) is 12.3 Å². The highest BCUT2D eigenvalue weighted by molar-refractivity contribution is 6.30. The molecule has 5 rings (SSSR count). The average Bonchev–Trinajstić information content (AvgIpc) is 2.95. The number of allylic oxidation sites excluding steroid dienone is 6. The van der Waals surface area contributed by atoms with Gasteiger partial charge in [-0.05, 0) is 63.6 Å². The summed E-state index contributed by atoms with van der Waals surface area (Å²) >= 11 is 6.56. The Hall–Kier alpha value is -3.09. The van der Waals surface area contributed by atoms with Gasteiger partial charge in [0.1, 0.15) is 0 Å². The molecule has 0 heterocycles. The van der Waals surface area contributed by atoms with Gasteiger partial charge in [-0.3, -0.25) is 0 Å². The first-order valence-electron chi connectivity index (χ1n) is 9.89. The maximum atomic E-state index is 6.56. The summed E-state index contributed by atoms with van der Waals surface area (Å²) in [5, 5.41) is 0.755. The normalized spacial score (nSPS) is 19.2. The molecular weight excluding hydrogens is 372 g/mol. The quantitative estimate of drug-likeness (QED) is 0.418. The molecule has 2 aliphatic rings. The lowest BCUT2D eigenvalue weighted by molar-refractivity contribution is 0.762. The van der Waals surface area contributed by atoms with Crippen LogP contribution in [0.5, 0.6) is 0 Å². The highest BCUT2D eigenvalue weighted by Crippen LogP contribution is 2.59. The lowest BCUT2D eigenvalue weighted by atomic mass is 9.65. The van der Waals surface area contributed by atoms with E-state index in [2.05, 4.69) is 98.5 Å². The first-order chi connectivity index (χ1) is 14.2. The molecule has 0 bridgehead atoms. The molecule has 3 aromatic rings. The second kappa shape index (κ2) is 6.76. The maximum Gasteiger partial charge on any atom is 0.0725 e. The third-order valence-electron chi connectivity index (χ3n) is 6.08. The lowest BCUT2D eigenvalue weighted by Gasteiger charge is -2.36. The van der Waals surface area contributed by atoms with E-state index in [0.717, 1.165) is 10.6 Å². The molecule has 1 heteroatoms. The van der Waals surface area contributed by atoms with Gasteiger partial charge in [-0.15, -0.1) is 0 Å². The Morgan fingerprint density at radius 2 is 1.55 bits per heavy atom. The van der Waals surface area contributed by atoms with Crippen LogP contribution < -0.4 is 0 Å². The van der Waals surface area contributed by atoms with Gasteiger partial charge in [0.25, 0.3) is 0 Å². The Morgan fingerprint density at radius 1 is 0.828 bits per heavy atom. The molecule has 0 radical (unpaired) electrons. The summed E-state index contributed by atoms with van der Waals surface area (Å²) in [4.78, 5) is 0. The third kappa shape index (κ3) is 2.39. The number of fused-ring (bicyclic) bond motifs is 7. The van der Waals surface area contributed by atoms with Gasteiger partial charge in [0.05, 0.1) is 5.41 Å². The largest absolute Gasteiger partial charge is 0.0985 e. The molecule has 1 spiro atoms. The zero-order valence-electron chi connectivity index (χ0n) is 16.3. The first-order valence-corrected chi connectivity index (χ1v) is 10.3. The summed E-state index contributed by atoms with van der Waals surface area (Å²) in [5.41, 5.74) is 9.44. The fourth-order valence-electron chi connectivity index (χ4n) is 5.01. The van der Waals surface area contributed by atoms with Gasteiger partial charge in [-0.2, -0.15) is 0 Å². The van der Waals surface area contributed by atoms with Gasteiger partial charge in [-0.25, -0.2) is 0 Å². The molecule has 0 fully saturated rings. The number of rotatable bonds is 2. The van der Waals surface area contributed by atoms with Crippen molar-refractivity contribution < 1.29 is 0 Å². The van der Waals surface area contributed by atoms with Crippen LogP contribution in [0.2, 0.25) is 5.02 Å². The predicted molar refractivity (Wildman–Crippen MR) is 124 cm³/mol. The molecule has 29 heavy (non-hydrogen) atoms. The van der Waals surface area contributed by atoms with Gasteiger partial charge < -0.3 is 0 Å². The van der Waals surface area contributed by atoms with Crippen LogP contribution in [0.3, 0.4) is 0 Å². The fraction of sp³-hybridized carbons (Fsp3) is 0.0714. The standard InChI is InChI=1S/C28H21Cl/c1-3-9-24-19(4-2)14-15-20-10-5-7-12-25(20)28(24)26-13-8-6-11-22(26)23-17-16-21(29)18-27(23)28/h3-18H,2H2,1H3/b9-3-. The summed E-state index contributed by atoms with van der Waals surface area (Å²) in [6.07, 6.45) is 10.7. The van der Waals surface area contributed by atoms with Gasteiger partial charge in [0.15, 0.2) is 0 Å². The Kier molecular flexibility index (Phi) is 4.19. The van der Waals surface area contributed by atoms with E-state index in [-0.39, 0.29) is 0 Å². The predicted octanol–water partition coefficient (Wildman–Crippen LogP) is 7.74. The smallest absolute Gasteiger partial charge is 0.0725 e. The minimum Gasteiger partial charge on any atom is -0.0985 e. The van der Waals surface area contributed by atoms with Crippen LogP contribution >= 0.6 is 11.6 Å². The van der Waals surface area contributed by atoms with Crippen molar-refractivity contribution in [2.75, 3.05) is 0 Å². The average molecular weight is 393 g/mol. The first kappa shape index (κ1) is 18.0. The summed E-state index contributed by atoms with van der Waals surface area (Å²) in [6, 6.07) is 23.7. The molecule has 3 aromatic carbocycles. The van der Waals surface area contributed by atoms with Gasteiger partial charge >= 0.3 is 0 Å². The van der Waals surface area contributed by atoms with E-state index in [0.29, 0.717) is 0 Å². The second-order valence-electron chi connectivity index (χ2n) is 7.48.